The van der Waals surface area contributed by atoms with Gasteiger partial charge in [-0.3, -0.25) is 4.99 Å². The average Bonchev–Trinajstić information content (AvgIpc) is 2.39. The van der Waals surface area contributed by atoms with Gasteiger partial charge in [0.05, 0.1) is 11.4 Å². The van der Waals surface area contributed by atoms with Gasteiger partial charge >= 0.3 is 0 Å². The first kappa shape index (κ1) is 9.21. The van der Waals surface area contributed by atoms with Crippen LogP contribution in [0.2, 0.25) is 0 Å². The number of rotatable bonds is 1. The molecule has 0 fully saturated rings. The molecule has 0 saturated heterocycles. The summed E-state index contributed by atoms with van der Waals surface area (Å²) >= 11 is 0. The summed E-state index contributed by atoms with van der Waals surface area (Å²) in [5.74, 6) is 0. The van der Waals surface area contributed by atoms with Gasteiger partial charge in [0.2, 0.25) is 0 Å². The van der Waals surface area contributed by atoms with Crippen LogP contribution in [0.4, 0.5) is 0 Å². The third-order valence-corrected chi connectivity index (χ3v) is 2.75. The minimum absolute atomic E-state index is 0.844. The molecule has 0 saturated carbocycles. The summed E-state index contributed by atoms with van der Waals surface area (Å²) in [7, 11) is 0. The van der Waals surface area contributed by atoms with Crippen molar-refractivity contribution in [2.24, 2.45) is 4.99 Å². The summed E-state index contributed by atoms with van der Waals surface area (Å²) in [5.41, 5.74) is 4.45. The highest BCUT2D eigenvalue weighted by molar-refractivity contribution is 6.13. The lowest BCUT2D eigenvalue weighted by atomic mass is 9.96. The highest BCUT2D eigenvalue weighted by Gasteiger charge is 2.15. The Bertz CT molecular complexity index is 532. The van der Waals surface area contributed by atoms with Gasteiger partial charge in [-0.15, -0.1) is 0 Å². The minimum atomic E-state index is 0.844. The number of benzene rings is 1. The van der Waals surface area contributed by atoms with Crippen LogP contribution in [0.1, 0.15) is 16.8 Å². The fraction of sp³-hybridized carbons (Fsp3) is 0.154. The van der Waals surface area contributed by atoms with E-state index in [-0.39, 0.29) is 0 Å². The maximum atomic E-state index is 4.57. The summed E-state index contributed by atoms with van der Waals surface area (Å²) in [6, 6.07) is 10.3. The standard InChI is InChI=1S/C13H11N3/c1-2-4-11-10(3-1)5-8-15-13(11)12-6-7-14-9-16-12/h1-4,6-7,9H,5,8H2. The van der Waals surface area contributed by atoms with E-state index < -0.39 is 0 Å². The summed E-state index contributed by atoms with van der Waals surface area (Å²) < 4.78 is 0. The molecule has 1 aliphatic rings. The second-order valence-corrected chi connectivity index (χ2v) is 3.73. The van der Waals surface area contributed by atoms with E-state index in [2.05, 4.69) is 33.2 Å². The van der Waals surface area contributed by atoms with Gasteiger partial charge in [0.25, 0.3) is 0 Å². The highest BCUT2D eigenvalue weighted by atomic mass is 14.9. The van der Waals surface area contributed by atoms with Gasteiger partial charge in [-0.1, -0.05) is 24.3 Å². The van der Waals surface area contributed by atoms with Crippen molar-refractivity contribution in [2.45, 2.75) is 6.42 Å². The van der Waals surface area contributed by atoms with Gasteiger partial charge < -0.3 is 0 Å². The van der Waals surface area contributed by atoms with Crippen LogP contribution < -0.4 is 0 Å². The van der Waals surface area contributed by atoms with Gasteiger partial charge in [-0.2, -0.15) is 0 Å². The molecule has 0 N–H and O–H groups in total. The summed E-state index contributed by atoms with van der Waals surface area (Å²) in [6.07, 6.45) is 4.34. The number of nitrogens with zero attached hydrogens (tertiary/aromatic N) is 3. The van der Waals surface area contributed by atoms with Gasteiger partial charge in [-0.25, -0.2) is 9.97 Å². The molecule has 3 heteroatoms. The van der Waals surface area contributed by atoms with Crippen molar-refractivity contribution in [1.82, 2.24) is 9.97 Å². The Morgan fingerprint density at radius 1 is 1.06 bits per heavy atom. The quantitative estimate of drug-likeness (QED) is 0.719. The fourth-order valence-corrected chi connectivity index (χ4v) is 1.99. The van der Waals surface area contributed by atoms with Crippen LogP contribution in [0.25, 0.3) is 0 Å². The molecule has 0 amide bonds. The second kappa shape index (κ2) is 3.85. The van der Waals surface area contributed by atoms with E-state index in [4.69, 9.17) is 0 Å². The molecule has 78 valence electrons. The van der Waals surface area contributed by atoms with Crippen LogP contribution in [0.3, 0.4) is 0 Å². The van der Waals surface area contributed by atoms with E-state index in [1.54, 1.807) is 12.5 Å². The van der Waals surface area contributed by atoms with Crippen LogP contribution >= 0.6 is 0 Å². The van der Waals surface area contributed by atoms with Crippen molar-refractivity contribution in [3.8, 4) is 0 Å². The molecule has 16 heavy (non-hydrogen) atoms. The number of hydrogen-bond donors (Lipinski definition) is 0. The van der Waals surface area contributed by atoms with E-state index in [1.807, 2.05) is 12.1 Å². The fourth-order valence-electron chi connectivity index (χ4n) is 1.99. The lowest BCUT2D eigenvalue weighted by molar-refractivity contribution is 0.940. The van der Waals surface area contributed by atoms with Gasteiger partial charge in [0, 0.05) is 18.3 Å². The lowest BCUT2D eigenvalue weighted by Crippen LogP contribution is -2.15. The van der Waals surface area contributed by atoms with Crippen molar-refractivity contribution in [2.75, 3.05) is 6.54 Å². The molecule has 0 radical (unpaired) electrons. The van der Waals surface area contributed by atoms with Crippen LogP contribution in [0.5, 0.6) is 0 Å². The molecule has 0 bridgehead atoms. The van der Waals surface area contributed by atoms with Crippen molar-refractivity contribution in [3.63, 3.8) is 0 Å². The molecular weight excluding hydrogens is 198 g/mol. The number of hydrogen-bond acceptors (Lipinski definition) is 3. The van der Waals surface area contributed by atoms with Crippen LogP contribution in [0, 0.1) is 0 Å². The predicted molar refractivity (Wildman–Crippen MR) is 62.7 cm³/mol. The zero-order valence-electron chi connectivity index (χ0n) is 8.80. The molecule has 0 spiro atoms. The molecule has 2 aromatic rings. The van der Waals surface area contributed by atoms with Gasteiger partial charge in [0.15, 0.2) is 0 Å². The minimum Gasteiger partial charge on any atom is -0.282 e. The Morgan fingerprint density at radius 3 is 2.88 bits per heavy atom. The van der Waals surface area contributed by atoms with E-state index in [0.29, 0.717) is 0 Å². The Hall–Kier alpha value is -2.03. The van der Waals surface area contributed by atoms with Crippen molar-refractivity contribution < 1.29 is 0 Å². The molecule has 0 atom stereocenters. The van der Waals surface area contributed by atoms with E-state index in [0.717, 1.165) is 24.4 Å². The van der Waals surface area contributed by atoms with Crippen molar-refractivity contribution >= 4 is 5.71 Å². The van der Waals surface area contributed by atoms with E-state index in [1.165, 1.54) is 11.1 Å². The smallest absolute Gasteiger partial charge is 0.116 e. The van der Waals surface area contributed by atoms with Gasteiger partial charge in [-0.05, 0) is 18.1 Å². The van der Waals surface area contributed by atoms with Crippen molar-refractivity contribution in [1.29, 1.82) is 0 Å². The average molecular weight is 209 g/mol. The predicted octanol–water partition coefficient (Wildman–Crippen LogP) is 1.87. The summed E-state index contributed by atoms with van der Waals surface area (Å²) in [4.78, 5) is 12.8. The van der Waals surface area contributed by atoms with Crippen LogP contribution in [-0.2, 0) is 6.42 Å². The molecule has 1 aromatic carbocycles. The van der Waals surface area contributed by atoms with E-state index >= 15 is 0 Å². The third-order valence-electron chi connectivity index (χ3n) is 2.75. The molecule has 0 aliphatic carbocycles. The van der Waals surface area contributed by atoms with E-state index in [9.17, 15) is 0 Å². The molecule has 3 rings (SSSR count). The molecule has 2 heterocycles. The summed E-state index contributed by atoms with van der Waals surface area (Å²) in [5, 5.41) is 0. The van der Waals surface area contributed by atoms with Crippen molar-refractivity contribution in [3.05, 3.63) is 59.7 Å². The Kier molecular flexibility index (Phi) is 2.22. The molecule has 1 aromatic heterocycles. The molecule has 3 nitrogen and oxygen atoms in total. The maximum absolute atomic E-state index is 4.57. The monoisotopic (exact) mass is 209 g/mol. The SMILES string of the molecule is c1ccc2c(c1)CCN=C2c1ccncn1. The Labute approximate surface area is 93.9 Å². The second-order valence-electron chi connectivity index (χ2n) is 3.73. The van der Waals surface area contributed by atoms with Gasteiger partial charge in [0.1, 0.15) is 6.33 Å². The topological polar surface area (TPSA) is 38.1 Å². The molecule has 0 unspecified atom stereocenters. The maximum Gasteiger partial charge on any atom is 0.116 e. The first-order valence-electron chi connectivity index (χ1n) is 5.34. The Balaban J connectivity index is 2.13. The van der Waals surface area contributed by atoms with Crippen LogP contribution in [0.15, 0.2) is 47.8 Å². The zero-order valence-corrected chi connectivity index (χ0v) is 8.80. The molecular formula is C13H11N3. The Morgan fingerprint density at radius 2 is 2.00 bits per heavy atom. The number of fused-ring (bicyclic) bond motifs is 1. The number of aliphatic imine (C=N–C) groups is 1. The lowest BCUT2D eigenvalue weighted by Gasteiger charge is -2.15. The summed E-state index contributed by atoms with van der Waals surface area (Å²) in [6.45, 7) is 0.844. The first-order valence-corrected chi connectivity index (χ1v) is 5.34. The molecule has 1 aliphatic heterocycles. The first-order chi connectivity index (χ1) is 7.95. The normalized spacial score (nSPS) is 14.1. The zero-order chi connectivity index (χ0) is 10.8. The van der Waals surface area contributed by atoms with Crippen LogP contribution in [-0.4, -0.2) is 22.2 Å². The third kappa shape index (κ3) is 1.50. The number of aromatic nitrogens is 2. The largest absolute Gasteiger partial charge is 0.282 e. The highest BCUT2D eigenvalue weighted by Crippen LogP contribution is 2.18.